The average Bonchev–Trinajstić information content (AvgIpc) is 2.74. The van der Waals surface area contributed by atoms with Gasteiger partial charge in [-0.15, -0.1) is 0 Å². The molecule has 0 heterocycles. The third-order valence-electron chi connectivity index (χ3n) is 4.19. The summed E-state index contributed by atoms with van der Waals surface area (Å²) in [5.74, 6) is -0.0961. The van der Waals surface area contributed by atoms with Gasteiger partial charge < -0.3 is 4.74 Å². The summed E-state index contributed by atoms with van der Waals surface area (Å²) >= 11 is 11.9. The minimum Gasteiger partial charge on any atom is -0.492 e. The molecule has 30 heavy (non-hydrogen) atoms. The lowest BCUT2D eigenvalue weighted by Crippen LogP contribution is -2.37. The van der Waals surface area contributed by atoms with Crippen LogP contribution >= 0.6 is 23.2 Å². The molecule has 3 aromatic carbocycles. The highest BCUT2D eigenvalue weighted by atomic mass is 35.5. The minimum atomic E-state index is -4.05. The zero-order valence-corrected chi connectivity index (χ0v) is 18.2. The van der Waals surface area contributed by atoms with Crippen LogP contribution in [0.15, 0.2) is 83.8 Å². The molecule has 0 saturated carbocycles. The minimum absolute atomic E-state index is 0.0217. The number of carbonyl (C=O) groups excluding carboxylic acids is 1. The fraction of sp³-hybridized carbons (Fsp3) is 0.136. The molecule has 0 spiro atoms. The molecule has 0 N–H and O–H groups in total. The van der Waals surface area contributed by atoms with E-state index in [1.165, 1.54) is 12.1 Å². The van der Waals surface area contributed by atoms with Crippen molar-refractivity contribution in [3.63, 3.8) is 0 Å². The number of para-hydroxylation sites is 1. The van der Waals surface area contributed by atoms with Gasteiger partial charge in [-0.2, -0.15) is 0 Å². The van der Waals surface area contributed by atoms with Crippen molar-refractivity contribution < 1.29 is 17.9 Å². The Balaban J connectivity index is 1.73. The van der Waals surface area contributed by atoms with Gasteiger partial charge in [0.25, 0.3) is 10.0 Å². The Morgan fingerprint density at radius 3 is 2.17 bits per heavy atom. The first-order valence-corrected chi connectivity index (χ1v) is 11.4. The topological polar surface area (TPSA) is 63.7 Å². The third-order valence-corrected chi connectivity index (χ3v) is 6.48. The lowest BCUT2D eigenvalue weighted by atomic mass is 10.2. The molecule has 8 heteroatoms. The summed E-state index contributed by atoms with van der Waals surface area (Å²) < 4.78 is 32.7. The van der Waals surface area contributed by atoms with E-state index in [9.17, 15) is 13.2 Å². The van der Waals surface area contributed by atoms with Gasteiger partial charge >= 0.3 is 0 Å². The van der Waals surface area contributed by atoms with E-state index in [0.29, 0.717) is 22.2 Å². The van der Waals surface area contributed by atoms with Gasteiger partial charge in [0.1, 0.15) is 5.75 Å². The van der Waals surface area contributed by atoms with E-state index in [-0.39, 0.29) is 23.6 Å². The number of sulfonamides is 1. The molecule has 0 fully saturated rings. The largest absolute Gasteiger partial charge is 0.492 e. The van der Waals surface area contributed by atoms with E-state index in [1.807, 2.05) is 0 Å². The van der Waals surface area contributed by atoms with Gasteiger partial charge in [-0.05, 0) is 48.9 Å². The average molecular weight is 464 g/mol. The molecule has 0 saturated heterocycles. The summed E-state index contributed by atoms with van der Waals surface area (Å²) in [4.78, 5) is 13.0. The number of halogens is 2. The molecule has 0 aliphatic rings. The van der Waals surface area contributed by atoms with Crippen LogP contribution in [0.25, 0.3) is 0 Å². The summed E-state index contributed by atoms with van der Waals surface area (Å²) in [5, 5.41) is 0.860. The van der Waals surface area contributed by atoms with Crippen LogP contribution in [0.4, 0.5) is 5.69 Å². The monoisotopic (exact) mass is 463 g/mol. The first-order chi connectivity index (χ1) is 14.4. The Labute approximate surface area is 185 Å². The highest BCUT2D eigenvalue weighted by Crippen LogP contribution is 2.28. The van der Waals surface area contributed by atoms with Gasteiger partial charge in [-0.3, -0.25) is 4.79 Å². The standard InChI is InChI=1S/C22H19Cl2NO4S/c23-17-13-14-21(20(24)16-17)29-15-7-12-22(26)25(18-8-3-1-4-9-18)30(27,28)19-10-5-2-6-11-19/h1-6,8-11,13-14,16H,7,12,15H2. The molecule has 0 aliphatic heterocycles. The number of nitrogens with zero attached hydrogens (tertiary/aromatic N) is 1. The van der Waals surface area contributed by atoms with E-state index < -0.39 is 15.9 Å². The molecular weight excluding hydrogens is 445 g/mol. The number of rotatable bonds is 8. The summed E-state index contributed by atoms with van der Waals surface area (Å²) in [6.07, 6.45) is 0.289. The van der Waals surface area contributed by atoms with Crippen molar-refractivity contribution in [1.82, 2.24) is 0 Å². The number of hydrogen-bond donors (Lipinski definition) is 0. The summed E-state index contributed by atoms with van der Waals surface area (Å²) in [6.45, 7) is 0.196. The van der Waals surface area contributed by atoms with Gasteiger partial charge in [0.2, 0.25) is 5.91 Å². The Bertz CT molecular complexity index is 1110. The van der Waals surface area contributed by atoms with Gasteiger partial charge in [0.15, 0.2) is 0 Å². The third kappa shape index (κ3) is 5.33. The number of anilines is 1. The molecule has 0 aromatic heterocycles. The van der Waals surface area contributed by atoms with E-state index in [1.54, 1.807) is 66.7 Å². The lowest BCUT2D eigenvalue weighted by molar-refractivity contribution is -0.117. The number of carbonyl (C=O) groups is 1. The van der Waals surface area contributed by atoms with Crippen LogP contribution in [0, 0.1) is 0 Å². The second-order valence-corrected chi connectivity index (χ2v) is 8.97. The van der Waals surface area contributed by atoms with Crippen molar-refractivity contribution in [3.8, 4) is 5.75 Å². The first kappa shape index (κ1) is 22.2. The smallest absolute Gasteiger partial charge is 0.270 e. The van der Waals surface area contributed by atoms with Gasteiger partial charge in [-0.25, -0.2) is 12.7 Å². The number of hydrogen-bond acceptors (Lipinski definition) is 4. The maximum atomic E-state index is 13.1. The SMILES string of the molecule is O=C(CCCOc1ccc(Cl)cc1Cl)N(c1ccccc1)S(=O)(=O)c1ccccc1. The Morgan fingerprint density at radius 2 is 1.53 bits per heavy atom. The number of ether oxygens (including phenoxy) is 1. The molecule has 3 aromatic rings. The van der Waals surface area contributed by atoms with Crippen molar-refractivity contribution in [2.45, 2.75) is 17.7 Å². The van der Waals surface area contributed by atoms with Crippen LogP contribution in [0.2, 0.25) is 10.0 Å². The maximum absolute atomic E-state index is 13.1. The Kier molecular flexibility index (Phi) is 7.37. The Morgan fingerprint density at radius 1 is 0.900 bits per heavy atom. The summed E-state index contributed by atoms with van der Waals surface area (Å²) in [7, 11) is -4.05. The van der Waals surface area contributed by atoms with Crippen LogP contribution in [0.1, 0.15) is 12.8 Å². The molecule has 0 unspecified atom stereocenters. The Hall–Kier alpha value is -2.54. The van der Waals surface area contributed by atoms with Crippen LogP contribution < -0.4 is 9.04 Å². The zero-order valence-electron chi connectivity index (χ0n) is 15.9. The van der Waals surface area contributed by atoms with Crippen LogP contribution in [-0.4, -0.2) is 20.9 Å². The maximum Gasteiger partial charge on any atom is 0.270 e. The van der Waals surface area contributed by atoms with E-state index in [4.69, 9.17) is 27.9 Å². The normalized spacial score (nSPS) is 11.1. The highest BCUT2D eigenvalue weighted by Gasteiger charge is 2.30. The molecule has 0 atom stereocenters. The van der Waals surface area contributed by atoms with Gasteiger partial charge in [-0.1, -0.05) is 59.6 Å². The van der Waals surface area contributed by atoms with Gasteiger partial charge in [0.05, 0.1) is 22.2 Å². The van der Waals surface area contributed by atoms with Crippen LogP contribution in [-0.2, 0) is 14.8 Å². The van der Waals surface area contributed by atoms with E-state index in [2.05, 4.69) is 0 Å². The lowest BCUT2D eigenvalue weighted by Gasteiger charge is -2.22. The van der Waals surface area contributed by atoms with Crippen LogP contribution in [0.3, 0.4) is 0 Å². The summed E-state index contributed by atoms with van der Waals surface area (Å²) in [6, 6.07) is 21.0. The first-order valence-electron chi connectivity index (χ1n) is 9.16. The molecule has 1 amide bonds. The number of amides is 1. The molecule has 0 radical (unpaired) electrons. The van der Waals surface area contributed by atoms with Crippen LogP contribution in [0.5, 0.6) is 5.75 Å². The van der Waals surface area contributed by atoms with Crippen molar-refractivity contribution >= 4 is 44.8 Å². The zero-order chi connectivity index (χ0) is 21.6. The van der Waals surface area contributed by atoms with Crippen molar-refractivity contribution in [3.05, 3.63) is 88.9 Å². The predicted octanol–water partition coefficient (Wildman–Crippen LogP) is 5.57. The number of benzene rings is 3. The van der Waals surface area contributed by atoms with Gasteiger partial charge in [0, 0.05) is 11.4 Å². The van der Waals surface area contributed by atoms with E-state index in [0.717, 1.165) is 4.31 Å². The predicted molar refractivity (Wildman–Crippen MR) is 119 cm³/mol. The molecule has 3 rings (SSSR count). The molecule has 5 nitrogen and oxygen atoms in total. The summed E-state index contributed by atoms with van der Waals surface area (Å²) in [5.41, 5.74) is 0.285. The molecule has 0 bridgehead atoms. The van der Waals surface area contributed by atoms with Crippen molar-refractivity contribution in [2.24, 2.45) is 0 Å². The quantitative estimate of drug-likeness (QED) is 0.409. The molecule has 0 aliphatic carbocycles. The second kappa shape index (κ2) is 9.98. The fourth-order valence-corrected chi connectivity index (χ4v) is 4.71. The second-order valence-electron chi connectivity index (χ2n) is 6.34. The fourth-order valence-electron chi connectivity index (χ4n) is 2.78. The highest BCUT2D eigenvalue weighted by molar-refractivity contribution is 7.93. The molecular formula is C22H19Cl2NO4S. The van der Waals surface area contributed by atoms with Crippen molar-refractivity contribution in [1.29, 1.82) is 0 Å². The van der Waals surface area contributed by atoms with E-state index >= 15 is 0 Å². The molecule has 156 valence electrons. The van der Waals surface area contributed by atoms with Crippen molar-refractivity contribution in [2.75, 3.05) is 10.9 Å².